The molecule has 8 nitrogen and oxygen atoms in total. The highest BCUT2D eigenvalue weighted by atomic mass is 16.5. The van der Waals surface area contributed by atoms with Gasteiger partial charge >= 0.3 is 5.97 Å². The van der Waals surface area contributed by atoms with Gasteiger partial charge in [-0.1, -0.05) is 12.1 Å². The summed E-state index contributed by atoms with van der Waals surface area (Å²) >= 11 is 0. The summed E-state index contributed by atoms with van der Waals surface area (Å²) in [6, 6.07) is 13.2. The average molecular weight is 378 g/mol. The van der Waals surface area contributed by atoms with E-state index in [1.54, 1.807) is 35.8 Å². The van der Waals surface area contributed by atoms with E-state index in [4.69, 9.17) is 4.74 Å². The second-order valence-electron chi connectivity index (χ2n) is 6.35. The van der Waals surface area contributed by atoms with E-state index in [2.05, 4.69) is 15.6 Å². The minimum Gasteiger partial charge on any atom is -0.462 e. The lowest BCUT2D eigenvalue weighted by molar-refractivity contribution is -0.123. The Hall–Kier alpha value is -3.68. The summed E-state index contributed by atoms with van der Waals surface area (Å²) in [5.74, 6) is -0.541. The second kappa shape index (κ2) is 7.15. The largest absolute Gasteiger partial charge is 0.462 e. The maximum Gasteiger partial charge on any atom is 0.338 e. The van der Waals surface area contributed by atoms with Crippen molar-refractivity contribution in [3.05, 3.63) is 54.1 Å². The molecule has 0 fully saturated rings. The molecule has 0 saturated heterocycles. The number of esters is 1. The third-order valence-electron chi connectivity index (χ3n) is 4.50. The summed E-state index contributed by atoms with van der Waals surface area (Å²) in [5.41, 5.74) is 2.50. The Morgan fingerprint density at radius 3 is 2.68 bits per heavy atom. The number of hydrogen-bond acceptors (Lipinski definition) is 5. The topological polar surface area (TPSA) is 102 Å². The molecule has 1 aromatic heterocycles. The van der Waals surface area contributed by atoms with Gasteiger partial charge in [0.2, 0.25) is 17.8 Å². The lowest BCUT2D eigenvalue weighted by atomic mass is 10.1. The number of imidazole rings is 1. The van der Waals surface area contributed by atoms with E-state index in [9.17, 15) is 14.4 Å². The van der Waals surface area contributed by atoms with Crippen LogP contribution < -0.4 is 10.6 Å². The van der Waals surface area contributed by atoms with E-state index in [1.807, 2.05) is 24.3 Å². The summed E-state index contributed by atoms with van der Waals surface area (Å²) < 4.78 is 6.68. The summed E-state index contributed by atoms with van der Waals surface area (Å²) in [6.45, 7) is 2.03. The molecule has 28 heavy (non-hydrogen) atoms. The zero-order valence-electron chi connectivity index (χ0n) is 15.1. The van der Waals surface area contributed by atoms with Crippen molar-refractivity contribution in [3.63, 3.8) is 0 Å². The fourth-order valence-corrected chi connectivity index (χ4v) is 3.23. The molecule has 0 unspecified atom stereocenters. The lowest BCUT2D eigenvalue weighted by Crippen LogP contribution is -2.23. The van der Waals surface area contributed by atoms with Crippen LogP contribution in [0.2, 0.25) is 0 Å². The molecule has 0 saturated carbocycles. The van der Waals surface area contributed by atoms with Crippen molar-refractivity contribution < 1.29 is 19.1 Å². The third-order valence-corrected chi connectivity index (χ3v) is 4.50. The van der Waals surface area contributed by atoms with Gasteiger partial charge in [0, 0.05) is 5.69 Å². The Labute approximate surface area is 160 Å². The van der Waals surface area contributed by atoms with Gasteiger partial charge in [-0.15, -0.1) is 0 Å². The zero-order valence-corrected chi connectivity index (χ0v) is 15.1. The van der Waals surface area contributed by atoms with Crippen molar-refractivity contribution in [2.75, 3.05) is 17.2 Å². The van der Waals surface area contributed by atoms with Gasteiger partial charge < -0.3 is 10.1 Å². The summed E-state index contributed by atoms with van der Waals surface area (Å²) in [6.07, 6.45) is -0.0290. The number of rotatable bonds is 5. The molecule has 2 amide bonds. The number of carbonyl (C=O) groups is 3. The van der Waals surface area contributed by atoms with E-state index in [1.165, 1.54) is 0 Å². The molecule has 1 aliphatic rings. The van der Waals surface area contributed by atoms with E-state index >= 15 is 0 Å². The van der Waals surface area contributed by atoms with Gasteiger partial charge in [0.15, 0.2) is 0 Å². The van der Waals surface area contributed by atoms with Gasteiger partial charge in [0.25, 0.3) is 0 Å². The number of aromatic nitrogens is 2. The first-order valence-electron chi connectivity index (χ1n) is 8.91. The molecule has 0 spiro atoms. The first kappa shape index (κ1) is 17.7. The van der Waals surface area contributed by atoms with Crippen molar-refractivity contribution in [2.45, 2.75) is 19.4 Å². The van der Waals surface area contributed by atoms with Crippen molar-refractivity contribution in [2.24, 2.45) is 0 Å². The second-order valence-corrected chi connectivity index (χ2v) is 6.35. The van der Waals surface area contributed by atoms with Crippen molar-refractivity contribution in [1.82, 2.24) is 9.55 Å². The third kappa shape index (κ3) is 3.20. The monoisotopic (exact) mass is 378 g/mol. The van der Waals surface area contributed by atoms with Gasteiger partial charge in [0.05, 0.1) is 29.6 Å². The molecule has 8 heteroatoms. The highest BCUT2D eigenvalue weighted by Crippen LogP contribution is 2.32. The molecule has 2 aromatic carbocycles. The van der Waals surface area contributed by atoms with Crippen LogP contribution in [0.25, 0.3) is 11.0 Å². The molecule has 142 valence electrons. The van der Waals surface area contributed by atoms with Crippen LogP contribution in [0, 0.1) is 0 Å². The number of hydrogen-bond donors (Lipinski definition) is 2. The predicted molar refractivity (Wildman–Crippen MR) is 103 cm³/mol. The molecular weight excluding hydrogens is 360 g/mol. The van der Waals surface area contributed by atoms with Gasteiger partial charge in [0.1, 0.15) is 6.04 Å². The summed E-state index contributed by atoms with van der Waals surface area (Å²) in [5, 5.41) is 5.47. The standard InChI is InChI=1S/C20H18N4O4/c1-2-28-19(27)12-7-9-13(10-8-12)21-17(25)11-16-18(26)23-20-22-14-5-3-4-6-15(14)24(16)20/h3-10,16H,2,11H2,1H3,(H,21,25)(H,22,23,26)/t16-/m1/s1. The molecule has 3 aromatic rings. The molecular formula is C20H18N4O4. The normalized spacial score (nSPS) is 15.2. The number of anilines is 2. The molecule has 1 atom stereocenters. The Morgan fingerprint density at radius 1 is 1.18 bits per heavy atom. The number of nitrogens with zero attached hydrogens (tertiary/aromatic N) is 2. The Kier molecular flexibility index (Phi) is 4.52. The van der Waals surface area contributed by atoms with Crippen molar-refractivity contribution >= 4 is 40.5 Å². The minimum absolute atomic E-state index is 0.0290. The number of amides is 2. The van der Waals surface area contributed by atoms with Gasteiger partial charge in [-0.3, -0.25) is 19.5 Å². The zero-order chi connectivity index (χ0) is 19.7. The van der Waals surface area contributed by atoms with Crippen LogP contribution in [0.3, 0.4) is 0 Å². The number of nitrogens with one attached hydrogen (secondary N) is 2. The van der Waals surface area contributed by atoms with Crippen LogP contribution in [0.5, 0.6) is 0 Å². The number of fused-ring (bicyclic) bond motifs is 3. The van der Waals surface area contributed by atoms with E-state index in [-0.39, 0.29) is 18.2 Å². The smallest absolute Gasteiger partial charge is 0.338 e. The highest BCUT2D eigenvalue weighted by Gasteiger charge is 2.34. The summed E-state index contributed by atoms with van der Waals surface area (Å²) in [7, 11) is 0. The maximum absolute atomic E-state index is 12.5. The Morgan fingerprint density at radius 2 is 1.93 bits per heavy atom. The van der Waals surface area contributed by atoms with Crippen LogP contribution in [0.1, 0.15) is 29.7 Å². The fourth-order valence-electron chi connectivity index (χ4n) is 3.23. The molecule has 0 bridgehead atoms. The van der Waals surface area contributed by atoms with E-state index in [0.717, 1.165) is 11.0 Å². The van der Waals surface area contributed by atoms with Crippen LogP contribution in [0.15, 0.2) is 48.5 Å². The van der Waals surface area contributed by atoms with E-state index in [0.29, 0.717) is 23.8 Å². The van der Waals surface area contributed by atoms with Crippen LogP contribution >= 0.6 is 0 Å². The number of carbonyl (C=O) groups excluding carboxylic acids is 3. The van der Waals surface area contributed by atoms with Crippen LogP contribution in [-0.2, 0) is 14.3 Å². The molecule has 0 aliphatic carbocycles. The quantitative estimate of drug-likeness (QED) is 0.665. The van der Waals surface area contributed by atoms with Crippen molar-refractivity contribution in [1.29, 1.82) is 0 Å². The van der Waals surface area contributed by atoms with E-state index < -0.39 is 12.0 Å². The average Bonchev–Trinajstić information content (AvgIpc) is 3.18. The molecule has 0 radical (unpaired) electrons. The molecule has 1 aliphatic heterocycles. The predicted octanol–water partition coefficient (Wildman–Crippen LogP) is 2.74. The first-order chi connectivity index (χ1) is 13.6. The number of para-hydroxylation sites is 2. The van der Waals surface area contributed by atoms with Gasteiger partial charge in [-0.2, -0.15) is 0 Å². The van der Waals surface area contributed by atoms with Crippen LogP contribution in [0.4, 0.5) is 11.6 Å². The lowest BCUT2D eigenvalue weighted by Gasteiger charge is -2.12. The number of ether oxygens (including phenoxy) is 1. The van der Waals surface area contributed by atoms with Gasteiger partial charge in [-0.05, 0) is 43.3 Å². The summed E-state index contributed by atoms with van der Waals surface area (Å²) in [4.78, 5) is 40.9. The maximum atomic E-state index is 12.5. The minimum atomic E-state index is -0.666. The highest BCUT2D eigenvalue weighted by molar-refractivity contribution is 6.03. The van der Waals surface area contributed by atoms with Crippen molar-refractivity contribution in [3.8, 4) is 0 Å². The SMILES string of the molecule is CCOC(=O)c1ccc(NC(=O)C[C@@H]2C(=O)Nc3nc4ccccc4n32)cc1. The fraction of sp³-hybridized carbons (Fsp3) is 0.200. The van der Waals surface area contributed by atoms with Gasteiger partial charge in [-0.25, -0.2) is 9.78 Å². The Bertz CT molecular complexity index is 1070. The molecule has 4 rings (SSSR count). The first-order valence-corrected chi connectivity index (χ1v) is 8.91. The van der Waals surface area contributed by atoms with Crippen LogP contribution in [-0.4, -0.2) is 33.9 Å². The molecule has 2 N–H and O–H groups in total. The number of benzene rings is 2. The molecule has 2 heterocycles. The Balaban J connectivity index is 1.47.